The highest BCUT2D eigenvalue weighted by atomic mass is 16.5. The van der Waals surface area contributed by atoms with Crippen LogP contribution in [0.25, 0.3) is 0 Å². The van der Waals surface area contributed by atoms with Crippen molar-refractivity contribution >= 4 is 5.91 Å². The third-order valence-corrected chi connectivity index (χ3v) is 3.58. The molecule has 0 spiro atoms. The molecule has 1 fully saturated rings. The smallest absolute Gasteiger partial charge is 0.254 e. The topological polar surface area (TPSA) is 51.5 Å². The maximum atomic E-state index is 12.0. The van der Waals surface area contributed by atoms with Crippen LogP contribution in [-0.2, 0) is 0 Å². The van der Waals surface area contributed by atoms with Crippen molar-refractivity contribution in [3.05, 3.63) is 54.5 Å². The van der Waals surface area contributed by atoms with E-state index in [1.165, 1.54) is 12.5 Å². The highest BCUT2D eigenvalue weighted by Gasteiger charge is 2.30. The maximum absolute atomic E-state index is 12.0. The number of rotatable bonds is 4. The fourth-order valence-corrected chi connectivity index (χ4v) is 2.55. The van der Waals surface area contributed by atoms with Crippen LogP contribution in [0, 0.1) is 0 Å². The third kappa shape index (κ3) is 2.85. The lowest BCUT2D eigenvalue weighted by Crippen LogP contribution is -2.42. The summed E-state index contributed by atoms with van der Waals surface area (Å²) >= 11 is 0. The molecule has 104 valence electrons. The Labute approximate surface area is 117 Å². The lowest BCUT2D eigenvalue weighted by Gasteiger charge is -2.22. The molecule has 0 aliphatic heterocycles. The summed E-state index contributed by atoms with van der Waals surface area (Å²) in [6.07, 6.45) is 5.96. The molecule has 4 nitrogen and oxygen atoms in total. The number of hydrogen-bond acceptors (Lipinski definition) is 3. The summed E-state index contributed by atoms with van der Waals surface area (Å²) in [4.78, 5) is 12.0. The van der Waals surface area contributed by atoms with Gasteiger partial charge in [0.1, 0.15) is 18.1 Å². The molecule has 1 aliphatic carbocycles. The van der Waals surface area contributed by atoms with Crippen LogP contribution >= 0.6 is 0 Å². The number of carbonyl (C=O) groups excluding carboxylic acids is 1. The minimum absolute atomic E-state index is 0.0354. The number of para-hydroxylation sites is 1. The van der Waals surface area contributed by atoms with Crippen molar-refractivity contribution in [1.82, 2.24) is 5.32 Å². The zero-order valence-corrected chi connectivity index (χ0v) is 11.1. The molecule has 1 N–H and O–H groups in total. The van der Waals surface area contributed by atoms with Crippen molar-refractivity contribution in [3.8, 4) is 5.75 Å². The summed E-state index contributed by atoms with van der Waals surface area (Å²) in [6, 6.07) is 11.4. The van der Waals surface area contributed by atoms with Gasteiger partial charge in [-0.1, -0.05) is 18.2 Å². The Kier molecular flexibility index (Phi) is 3.72. The van der Waals surface area contributed by atoms with Crippen LogP contribution in [0.15, 0.2) is 53.3 Å². The Hall–Kier alpha value is -2.23. The van der Waals surface area contributed by atoms with E-state index in [2.05, 4.69) is 5.32 Å². The van der Waals surface area contributed by atoms with E-state index in [4.69, 9.17) is 9.15 Å². The summed E-state index contributed by atoms with van der Waals surface area (Å²) < 4.78 is 10.9. The van der Waals surface area contributed by atoms with Gasteiger partial charge in [-0.25, -0.2) is 0 Å². The van der Waals surface area contributed by atoms with E-state index in [9.17, 15) is 4.79 Å². The number of benzene rings is 1. The van der Waals surface area contributed by atoms with Gasteiger partial charge in [0.2, 0.25) is 0 Å². The highest BCUT2D eigenvalue weighted by Crippen LogP contribution is 2.25. The van der Waals surface area contributed by atoms with E-state index in [0.717, 1.165) is 25.0 Å². The predicted molar refractivity (Wildman–Crippen MR) is 74.7 cm³/mol. The van der Waals surface area contributed by atoms with Gasteiger partial charge in [-0.2, -0.15) is 0 Å². The molecule has 1 aliphatic rings. The van der Waals surface area contributed by atoms with Crippen LogP contribution in [0.5, 0.6) is 5.75 Å². The number of hydrogen-bond donors (Lipinski definition) is 1. The van der Waals surface area contributed by atoms with Gasteiger partial charge < -0.3 is 14.5 Å². The van der Waals surface area contributed by atoms with Crippen LogP contribution in [0.4, 0.5) is 0 Å². The van der Waals surface area contributed by atoms with Crippen molar-refractivity contribution in [1.29, 1.82) is 0 Å². The van der Waals surface area contributed by atoms with E-state index >= 15 is 0 Å². The quantitative estimate of drug-likeness (QED) is 0.930. The molecule has 0 bridgehead atoms. The molecule has 1 amide bonds. The number of carbonyl (C=O) groups is 1. The Morgan fingerprint density at radius 3 is 2.80 bits per heavy atom. The zero-order valence-electron chi connectivity index (χ0n) is 11.1. The zero-order chi connectivity index (χ0) is 13.8. The molecule has 0 saturated heterocycles. The van der Waals surface area contributed by atoms with Gasteiger partial charge in [0.05, 0.1) is 17.9 Å². The fraction of sp³-hybridized carbons (Fsp3) is 0.312. The van der Waals surface area contributed by atoms with Gasteiger partial charge >= 0.3 is 0 Å². The molecular weight excluding hydrogens is 254 g/mol. The van der Waals surface area contributed by atoms with Crippen molar-refractivity contribution in [2.24, 2.45) is 0 Å². The van der Waals surface area contributed by atoms with Crippen LogP contribution < -0.4 is 10.1 Å². The first-order chi connectivity index (χ1) is 9.83. The van der Waals surface area contributed by atoms with Gasteiger partial charge in [0, 0.05) is 0 Å². The predicted octanol–water partition coefficient (Wildman–Crippen LogP) is 3.01. The average molecular weight is 271 g/mol. The highest BCUT2D eigenvalue weighted by molar-refractivity contribution is 5.94. The normalized spacial score (nSPS) is 21.6. The van der Waals surface area contributed by atoms with Gasteiger partial charge in [-0.05, 0) is 37.5 Å². The molecule has 1 heterocycles. The molecule has 0 radical (unpaired) electrons. The second kappa shape index (κ2) is 5.82. The molecule has 1 aromatic heterocycles. The van der Waals surface area contributed by atoms with Crippen LogP contribution in [0.3, 0.4) is 0 Å². The SMILES string of the molecule is O=C(NC1CCCC1Oc1ccccc1)c1ccoc1. The first-order valence-electron chi connectivity index (χ1n) is 6.88. The van der Waals surface area contributed by atoms with Crippen molar-refractivity contribution in [2.75, 3.05) is 0 Å². The second-order valence-electron chi connectivity index (χ2n) is 4.99. The molecule has 1 aromatic carbocycles. The van der Waals surface area contributed by atoms with Gasteiger partial charge in [-0.3, -0.25) is 4.79 Å². The van der Waals surface area contributed by atoms with E-state index in [1.54, 1.807) is 6.07 Å². The van der Waals surface area contributed by atoms with Crippen molar-refractivity contribution < 1.29 is 13.9 Å². The van der Waals surface area contributed by atoms with Crippen molar-refractivity contribution in [2.45, 2.75) is 31.4 Å². The molecule has 2 unspecified atom stereocenters. The standard InChI is InChI=1S/C16H17NO3/c18-16(12-9-10-19-11-12)17-14-7-4-8-15(14)20-13-5-2-1-3-6-13/h1-3,5-6,9-11,14-15H,4,7-8H2,(H,17,18). The fourth-order valence-electron chi connectivity index (χ4n) is 2.55. The number of furan rings is 1. The Morgan fingerprint density at radius 1 is 1.20 bits per heavy atom. The monoisotopic (exact) mass is 271 g/mol. The molecular formula is C16H17NO3. The van der Waals surface area contributed by atoms with E-state index in [1.807, 2.05) is 30.3 Å². The van der Waals surface area contributed by atoms with E-state index in [-0.39, 0.29) is 18.1 Å². The second-order valence-corrected chi connectivity index (χ2v) is 4.99. The lowest BCUT2D eigenvalue weighted by molar-refractivity contribution is 0.0893. The lowest BCUT2D eigenvalue weighted by atomic mass is 10.2. The largest absolute Gasteiger partial charge is 0.488 e. The van der Waals surface area contributed by atoms with Crippen LogP contribution in [0.2, 0.25) is 0 Å². The Morgan fingerprint density at radius 2 is 2.05 bits per heavy atom. The molecule has 2 aromatic rings. The molecule has 4 heteroatoms. The molecule has 2 atom stereocenters. The first kappa shape index (κ1) is 12.8. The third-order valence-electron chi connectivity index (χ3n) is 3.58. The summed E-state index contributed by atoms with van der Waals surface area (Å²) in [5, 5.41) is 3.03. The van der Waals surface area contributed by atoms with E-state index < -0.39 is 0 Å². The molecule has 1 saturated carbocycles. The summed E-state index contributed by atoms with van der Waals surface area (Å²) in [7, 11) is 0. The average Bonchev–Trinajstić information content (AvgIpc) is 3.12. The Bertz CT molecular complexity index is 550. The minimum atomic E-state index is -0.104. The van der Waals surface area contributed by atoms with Gasteiger partial charge in [0.15, 0.2) is 0 Å². The van der Waals surface area contributed by atoms with Gasteiger partial charge in [-0.15, -0.1) is 0 Å². The minimum Gasteiger partial charge on any atom is -0.488 e. The summed E-state index contributed by atoms with van der Waals surface area (Å²) in [5.41, 5.74) is 0.551. The van der Waals surface area contributed by atoms with Crippen LogP contribution in [0.1, 0.15) is 29.6 Å². The number of amides is 1. The summed E-state index contributed by atoms with van der Waals surface area (Å²) in [6.45, 7) is 0. The van der Waals surface area contributed by atoms with Crippen molar-refractivity contribution in [3.63, 3.8) is 0 Å². The summed E-state index contributed by atoms with van der Waals surface area (Å²) in [5.74, 6) is 0.745. The number of ether oxygens (including phenoxy) is 1. The first-order valence-corrected chi connectivity index (χ1v) is 6.88. The molecule has 20 heavy (non-hydrogen) atoms. The van der Waals surface area contributed by atoms with Crippen LogP contribution in [-0.4, -0.2) is 18.1 Å². The maximum Gasteiger partial charge on any atom is 0.254 e. The molecule has 3 rings (SSSR count). The van der Waals surface area contributed by atoms with Gasteiger partial charge in [0.25, 0.3) is 5.91 Å². The Balaban J connectivity index is 1.62. The van der Waals surface area contributed by atoms with E-state index in [0.29, 0.717) is 5.56 Å². The number of nitrogens with one attached hydrogen (secondary N) is 1.